The van der Waals surface area contributed by atoms with E-state index in [1.165, 1.54) is 6.92 Å². The lowest BCUT2D eigenvalue weighted by Crippen LogP contribution is -2.71. The smallest absolute Gasteiger partial charge is 0.217 e. The summed E-state index contributed by atoms with van der Waals surface area (Å²) in [4.78, 5) is 53.3. The summed E-state index contributed by atoms with van der Waals surface area (Å²) >= 11 is 0. The second-order valence-corrected chi connectivity index (χ2v) is 33.8. The predicted molar refractivity (Wildman–Crippen MR) is 407 cm³/mol. The van der Waals surface area contributed by atoms with Gasteiger partial charge in [-0.3, -0.25) is 19.2 Å². The molecule has 59 heteroatoms. The summed E-state index contributed by atoms with van der Waals surface area (Å²) in [5, 5.41) is 344. The van der Waals surface area contributed by atoms with Gasteiger partial charge in [-0.05, 0) is 6.92 Å². The number of aliphatic hydroxyl groups is 30. The largest absolute Gasteiger partial charge is 0.394 e. The van der Waals surface area contributed by atoms with Crippen LogP contribution in [0.25, 0.3) is 0 Å². The molecule has 0 aromatic heterocycles. The van der Waals surface area contributed by atoms with Crippen molar-refractivity contribution >= 4 is 23.6 Å². The van der Waals surface area contributed by atoms with Gasteiger partial charge in [-0.25, -0.2) is 0 Å². The number of rotatable bonds is 34. The summed E-state index contributed by atoms with van der Waals surface area (Å²) in [5.74, 6) is -4.01. The van der Waals surface area contributed by atoms with Crippen LogP contribution in [0.3, 0.4) is 0 Å². The third-order valence-corrected chi connectivity index (χ3v) is 24.5. The Morgan fingerprint density at radius 2 is 0.459 bits per heavy atom. The Hall–Kier alpha value is -4.16. The van der Waals surface area contributed by atoms with Gasteiger partial charge in [0.1, 0.15) is 262 Å². The fourth-order valence-electron chi connectivity index (χ4n) is 17.3. The SMILES string of the molecule is CC(=O)N[C@H]1[C@H](OC[C@H]2O[C@@H](O[C@H]3[C@H](O)[C@@H](O)C(O)O[C@@H]3CO)[C@H](O)[C@@H](O[C@@H]3O[C@H](CO)[C@@H](O)[C@H](O[C@@H]4O[C@H](CO)[C@H](O)[C@H](O)[C@H]4O)[C@H]3NC(C)=O)[C@H]2O)O[C@H](CO)[C@@H](O[C@@H]2O[C@H](CO[C@@H]3O[C@H](CO)[C@@H](O[C@@H]4O[C@H](CO)[C@H](O)[C@H](O)[C@H]4O)[C@H](O[C@H]4O[C@H](C)[C@H](O)[C@H](O)[C@H]4O)[C@H]3NC(C)=O)[C@H](O)[C@H](O[C@@H]3O[C@H](CO)[C@@H](O)[C@H](O[C@@H]4O[C@H](CO)[C@H](O)[C@H](O)[C@H]4O)[C@H]3NC(C)=O)[C@H]2O)[C@@H]1O. The molecule has 0 aliphatic carbocycles. The Labute approximate surface area is 752 Å². The molecule has 1 unspecified atom stereocenters. The van der Waals surface area contributed by atoms with Crippen molar-refractivity contribution in [2.45, 2.75) is 372 Å². The summed E-state index contributed by atoms with van der Waals surface area (Å²) < 4.78 is 126. The molecule has 55 atom stereocenters. The Kier molecular flexibility index (Phi) is 39.1. The number of carbonyl (C=O) groups excluding carboxylic acids is 4. The van der Waals surface area contributed by atoms with Gasteiger partial charge in [-0.1, -0.05) is 0 Å². The van der Waals surface area contributed by atoms with E-state index in [0.717, 1.165) is 27.7 Å². The van der Waals surface area contributed by atoms with Crippen LogP contribution >= 0.6 is 0 Å². The van der Waals surface area contributed by atoms with Gasteiger partial charge in [0.2, 0.25) is 23.6 Å². The average Bonchev–Trinajstić information content (AvgIpc) is 0.764. The lowest BCUT2D eigenvalue weighted by molar-refractivity contribution is -0.388. The Morgan fingerprint density at radius 3 is 0.827 bits per heavy atom. The number of carbonyl (C=O) groups is 4. The van der Waals surface area contributed by atoms with Crippen molar-refractivity contribution in [3.8, 4) is 0 Å². The quantitative estimate of drug-likeness (QED) is 0.0284. The maximum atomic E-state index is 13.5. The van der Waals surface area contributed by atoms with E-state index < -0.39 is 427 Å². The van der Waals surface area contributed by atoms with Crippen LogP contribution in [0.1, 0.15) is 34.6 Å². The maximum Gasteiger partial charge on any atom is 0.217 e. The van der Waals surface area contributed by atoms with E-state index in [0.29, 0.717) is 0 Å². The zero-order chi connectivity index (χ0) is 97.8. The van der Waals surface area contributed by atoms with Crippen molar-refractivity contribution in [2.75, 3.05) is 66.1 Å². The van der Waals surface area contributed by atoms with Crippen molar-refractivity contribution in [3.63, 3.8) is 0 Å². The molecule has 0 aromatic rings. The fraction of sp³-hybridized carbons (Fsp3) is 0.946. The highest BCUT2D eigenvalue weighted by molar-refractivity contribution is 5.74. The van der Waals surface area contributed by atoms with Crippen LogP contribution in [0.5, 0.6) is 0 Å². The molecule has 11 aliphatic heterocycles. The molecule has 0 spiro atoms. The highest BCUT2D eigenvalue weighted by Gasteiger charge is 2.63. The molecule has 0 radical (unpaired) electrons. The van der Waals surface area contributed by atoms with Gasteiger partial charge in [0.05, 0.1) is 72.2 Å². The zero-order valence-corrected chi connectivity index (χ0v) is 71.4. The monoisotopic (exact) mass is 1950 g/mol. The van der Waals surface area contributed by atoms with Crippen LogP contribution in [0.2, 0.25) is 0 Å². The molecule has 11 fully saturated rings. The minimum Gasteiger partial charge on any atom is -0.394 e. The second kappa shape index (κ2) is 47.6. The minimum atomic E-state index is -2.61. The molecule has 0 bridgehead atoms. The summed E-state index contributed by atoms with van der Waals surface area (Å²) in [6.45, 7) is -6.49. The second-order valence-electron chi connectivity index (χ2n) is 33.8. The van der Waals surface area contributed by atoms with Gasteiger partial charge < -0.3 is 274 Å². The van der Waals surface area contributed by atoms with E-state index >= 15 is 0 Å². The number of nitrogens with one attached hydrogen (secondary N) is 4. The Morgan fingerprint density at radius 1 is 0.211 bits per heavy atom. The van der Waals surface area contributed by atoms with Crippen molar-refractivity contribution in [1.82, 2.24) is 21.3 Å². The molecule has 0 saturated carbocycles. The lowest BCUT2D eigenvalue weighted by Gasteiger charge is -2.51. The van der Waals surface area contributed by atoms with E-state index in [9.17, 15) is 172 Å². The Balaban J connectivity index is 0.926. The average molecular weight is 1950 g/mol. The summed E-state index contributed by atoms with van der Waals surface area (Å²) in [7, 11) is 0. The zero-order valence-electron chi connectivity index (χ0n) is 71.4. The number of ether oxygens (including phenoxy) is 21. The normalized spacial score (nSPS) is 50.1. The van der Waals surface area contributed by atoms with E-state index in [4.69, 9.17) is 99.5 Å². The van der Waals surface area contributed by atoms with E-state index in [2.05, 4.69) is 21.3 Å². The van der Waals surface area contributed by atoms with Crippen LogP contribution in [-0.4, -0.2) is 580 Å². The van der Waals surface area contributed by atoms with E-state index in [1.54, 1.807) is 0 Å². The van der Waals surface area contributed by atoms with Gasteiger partial charge >= 0.3 is 0 Å². The van der Waals surface area contributed by atoms with Crippen molar-refractivity contribution in [2.24, 2.45) is 0 Å². The molecule has 11 aliphatic rings. The third kappa shape index (κ3) is 24.1. The van der Waals surface area contributed by atoms with Gasteiger partial charge in [0.15, 0.2) is 69.2 Å². The van der Waals surface area contributed by atoms with Crippen LogP contribution < -0.4 is 21.3 Å². The van der Waals surface area contributed by atoms with Gasteiger partial charge in [0, 0.05) is 27.7 Å². The van der Waals surface area contributed by atoms with Gasteiger partial charge in [-0.15, -0.1) is 0 Å². The molecule has 4 amide bonds. The highest BCUT2D eigenvalue weighted by Crippen LogP contribution is 2.42. The molecule has 770 valence electrons. The summed E-state index contributed by atoms with van der Waals surface area (Å²) in [5.41, 5.74) is 0. The molecule has 11 rings (SSSR count). The van der Waals surface area contributed by atoms with Gasteiger partial charge in [0.25, 0.3) is 0 Å². The Bertz CT molecular complexity index is 3630. The minimum absolute atomic E-state index is 0.890. The summed E-state index contributed by atoms with van der Waals surface area (Å²) in [6, 6.07) is -7.99. The van der Waals surface area contributed by atoms with Crippen LogP contribution in [-0.2, 0) is 119 Å². The molecule has 0 aromatic carbocycles. The molecular weight excluding hydrogens is 1820 g/mol. The third-order valence-electron chi connectivity index (χ3n) is 24.5. The standard InChI is InChI=1S/C74H124N4O55/c1-16-35(91)44(100)50(106)69(115-16)131-61-34(78-20(5)90)66(123-28(13-86)58(61)128-70-51(107)45(101)36(92)21(6-79)119-70)114-15-30-42(98)62(132-67-32(76-18(3)88)59(39(95)24(9-82)117-67)129-71-52(108)46(102)37(93)22(7-80)120-71)54(110)73(124-30)126-56-27(12-85)122-65(31(43(56)99)75-17(2)87)113-14-29-41(97)63(55(111)74(125-29)127-57-26(11-84)116-64(112)49(105)48(57)104)133-68-33(77-19(4)89)60(40(96)25(10-83)118-68)130-72-53(109)47(103)38(94)23(8-81)121-72/h16,21-74,79-86,91-112H,6-15H2,1-5H3,(H,75,87)(H,76,88)(H,77,89)(H,78,90)/t16-,21-,22-,23-,24-,25-,26-,27-,28-,29-,30-,31-,32-,33-,34-,35+,36+,37+,38+,39-,40-,41+,42+,43-,44+,45+,46+,47+,48-,49-,50-,51-,52-,53-,54-,55-,56-,57-,58-,59-,60-,61-,62+,63+,64?,65-,66-,67+,68+,69-,70+,71+,72+,73+,74+/m1/s1. The molecule has 34 N–H and O–H groups in total. The predicted octanol–water partition coefficient (Wildman–Crippen LogP) is -23.4. The van der Waals surface area contributed by atoms with Crippen LogP contribution in [0, 0.1) is 0 Å². The fourth-order valence-corrected chi connectivity index (χ4v) is 17.3. The topological polar surface area (TPSA) is 917 Å². The first-order valence-corrected chi connectivity index (χ1v) is 42.5. The van der Waals surface area contributed by atoms with Crippen LogP contribution in [0.15, 0.2) is 0 Å². The number of amides is 4. The molecule has 11 heterocycles. The maximum absolute atomic E-state index is 13.5. The number of hydrogen-bond acceptors (Lipinski definition) is 55. The van der Waals surface area contributed by atoms with Gasteiger partial charge in [-0.2, -0.15) is 0 Å². The number of hydrogen-bond donors (Lipinski definition) is 34. The highest BCUT2D eigenvalue weighted by atomic mass is 16.8. The van der Waals surface area contributed by atoms with E-state index in [-0.39, 0.29) is 0 Å². The lowest BCUT2D eigenvalue weighted by atomic mass is 9.93. The first-order valence-electron chi connectivity index (χ1n) is 42.5. The first-order chi connectivity index (χ1) is 62.9. The summed E-state index contributed by atoms with van der Waals surface area (Å²) in [6.07, 6.45) is -108. The molecular formula is C74H124N4O55. The van der Waals surface area contributed by atoms with Crippen LogP contribution in [0.4, 0.5) is 0 Å². The number of aliphatic hydroxyl groups excluding tert-OH is 30. The molecule has 11 saturated heterocycles. The first kappa shape index (κ1) is 109. The molecule has 59 nitrogen and oxygen atoms in total. The van der Waals surface area contributed by atoms with Crippen molar-refractivity contribution in [1.29, 1.82) is 0 Å². The van der Waals surface area contributed by atoms with Crippen molar-refractivity contribution in [3.05, 3.63) is 0 Å². The molecule has 133 heavy (non-hydrogen) atoms. The van der Waals surface area contributed by atoms with E-state index in [1.807, 2.05) is 0 Å². The van der Waals surface area contributed by atoms with Crippen molar-refractivity contribution < 1.29 is 272 Å².